The molecule has 2 aliphatic carbocycles. The number of carbonyl (C=O) groups is 4. The Morgan fingerprint density at radius 3 is 2.65 bits per heavy atom. The summed E-state index contributed by atoms with van der Waals surface area (Å²) in [5, 5.41) is 15.2. The molecule has 4 amide bonds. The van der Waals surface area contributed by atoms with Crippen LogP contribution in [0.5, 0.6) is 5.88 Å². The van der Waals surface area contributed by atoms with Gasteiger partial charge in [0.1, 0.15) is 29.5 Å². The Balaban J connectivity index is 1.34. The number of halogens is 1. The third-order valence-corrected chi connectivity index (χ3v) is 11.7. The van der Waals surface area contributed by atoms with Crippen molar-refractivity contribution in [2.45, 2.75) is 87.8 Å². The Bertz CT molecular complexity index is 1770. The molecule has 1 saturated heterocycles. The standard InChI is InChI=1S/C33H40FN5O8S/c1-18-5-3-4-6-21-16-33(21,31(42)38-48(45,46)24-9-10-24)37-28(40)26-15-23(17-39(26)30(41)27(19(2)13-18)36-32(43)44)47-29-25-14-22(34)8-7-20(25)11-12-35-29/h4,6-8,11-12,14,18-19,21,23-24,26-27,36H,3,5,9-10,13,15-17H2,1-2H3,(H,37,40)(H,38,42)(H,43,44)/t18-,19-,21-,23-,26+,27+,33-/m1/s1. The highest BCUT2D eigenvalue weighted by Gasteiger charge is 2.62. The minimum Gasteiger partial charge on any atom is -0.472 e. The van der Waals surface area contributed by atoms with Gasteiger partial charge in [-0.3, -0.25) is 19.1 Å². The molecule has 4 N–H and O–H groups in total. The third-order valence-electron chi connectivity index (χ3n) is 9.87. The summed E-state index contributed by atoms with van der Waals surface area (Å²) in [6.45, 7) is 3.67. The molecule has 0 unspecified atom stereocenters. The number of carbonyl (C=O) groups excluding carboxylic acids is 3. The van der Waals surface area contributed by atoms with Crippen molar-refractivity contribution in [3.63, 3.8) is 0 Å². The van der Waals surface area contributed by atoms with Crippen LogP contribution in [0.25, 0.3) is 10.8 Å². The smallest absolute Gasteiger partial charge is 0.405 e. The Labute approximate surface area is 277 Å². The maximum Gasteiger partial charge on any atom is 0.405 e. The molecule has 3 heterocycles. The first kappa shape index (κ1) is 33.6. The van der Waals surface area contributed by atoms with Crippen LogP contribution >= 0.6 is 0 Å². The number of ether oxygens (including phenoxy) is 1. The lowest BCUT2D eigenvalue weighted by Crippen LogP contribution is -2.59. The van der Waals surface area contributed by atoms with E-state index in [1.807, 2.05) is 19.1 Å². The maximum atomic E-state index is 14.2. The average molecular weight is 686 g/mol. The Morgan fingerprint density at radius 2 is 1.92 bits per heavy atom. The van der Waals surface area contributed by atoms with E-state index < -0.39 is 80.5 Å². The number of hydrogen-bond donors (Lipinski definition) is 4. The van der Waals surface area contributed by atoms with Crippen LogP contribution in [0.3, 0.4) is 0 Å². The highest BCUT2D eigenvalue weighted by atomic mass is 32.2. The summed E-state index contributed by atoms with van der Waals surface area (Å²) in [5.74, 6) is -3.35. The third kappa shape index (κ3) is 6.96. The van der Waals surface area contributed by atoms with Gasteiger partial charge < -0.3 is 25.4 Å². The van der Waals surface area contributed by atoms with Crippen molar-refractivity contribution in [3.05, 3.63) is 48.4 Å². The number of nitrogens with zero attached hydrogens (tertiary/aromatic N) is 2. The van der Waals surface area contributed by atoms with Gasteiger partial charge in [0, 0.05) is 23.9 Å². The highest BCUT2D eigenvalue weighted by molar-refractivity contribution is 7.91. The van der Waals surface area contributed by atoms with Crippen molar-refractivity contribution in [3.8, 4) is 5.88 Å². The summed E-state index contributed by atoms with van der Waals surface area (Å²) >= 11 is 0. The number of nitrogens with one attached hydrogen (secondary N) is 3. The lowest BCUT2D eigenvalue weighted by Gasteiger charge is -2.32. The average Bonchev–Trinajstić information content (AvgIpc) is 3.95. The maximum absolute atomic E-state index is 14.2. The molecule has 0 radical (unpaired) electrons. The van der Waals surface area contributed by atoms with E-state index in [1.54, 1.807) is 19.1 Å². The number of fused-ring (bicyclic) bond motifs is 3. The summed E-state index contributed by atoms with van der Waals surface area (Å²) in [4.78, 5) is 59.3. The second kappa shape index (κ2) is 13.0. The molecule has 2 aromatic rings. The van der Waals surface area contributed by atoms with Crippen molar-refractivity contribution >= 4 is 44.6 Å². The minimum atomic E-state index is -3.91. The number of hydrogen-bond acceptors (Lipinski definition) is 8. The summed E-state index contributed by atoms with van der Waals surface area (Å²) < 4.78 is 48.0. The largest absolute Gasteiger partial charge is 0.472 e. The summed E-state index contributed by atoms with van der Waals surface area (Å²) in [7, 11) is -3.91. The first-order chi connectivity index (χ1) is 22.8. The van der Waals surface area contributed by atoms with Crippen molar-refractivity contribution in [1.29, 1.82) is 0 Å². The molecule has 3 fully saturated rings. The van der Waals surface area contributed by atoms with Gasteiger partial charge in [0.15, 0.2) is 0 Å². The number of aromatic nitrogens is 1. The molecule has 7 atom stereocenters. The predicted octanol–water partition coefficient (Wildman–Crippen LogP) is 2.85. The zero-order valence-corrected chi connectivity index (χ0v) is 27.5. The summed E-state index contributed by atoms with van der Waals surface area (Å²) in [6.07, 6.45) is 5.94. The Morgan fingerprint density at radius 1 is 1.15 bits per heavy atom. The van der Waals surface area contributed by atoms with Gasteiger partial charge in [-0.25, -0.2) is 22.6 Å². The molecular weight excluding hydrogens is 645 g/mol. The van der Waals surface area contributed by atoms with E-state index in [-0.39, 0.29) is 31.2 Å². The Hall–Kier alpha value is -4.27. The van der Waals surface area contributed by atoms with E-state index in [2.05, 4.69) is 20.3 Å². The fourth-order valence-electron chi connectivity index (χ4n) is 7.00. The van der Waals surface area contributed by atoms with Crippen LogP contribution in [0.4, 0.5) is 9.18 Å². The van der Waals surface area contributed by atoms with Crippen molar-refractivity contribution in [2.24, 2.45) is 17.8 Å². The monoisotopic (exact) mass is 685 g/mol. The zero-order valence-electron chi connectivity index (χ0n) is 26.7. The molecule has 13 nitrogen and oxygen atoms in total. The topological polar surface area (TPSA) is 184 Å². The fraction of sp³-hybridized carbons (Fsp3) is 0.545. The molecule has 258 valence electrons. The summed E-state index contributed by atoms with van der Waals surface area (Å²) in [6, 6.07) is 3.47. The molecule has 2 saturated carbocycles. The van der Waals surface area contributed by atoms with Gasteiger partial charge in [-0.2, -0.15) is 0 Å². The second-order valence-corrected chi connectivity index (χ2v) is 15.6. The number of sulfonamides is 1. The second-order valence-electron chi connectivity index (χ2n) is 13.7. The van der Waals surface area contributed by atoms with Crippen molar-refractivity contribution in [2.75, 3.05) is 6.54 Å². The lowest BCUT2D eigenvalue weighted by molar-refractivity contribution is -0.142. The molecule has 4 aliphatic rings. The molecule has 2 aliphatic heterocycles. The molecule has 1 aromatic heterocycles. The molecule has 0 bridgehead atoms. The Kier molecular flexibility index (Phi) is 9.09. The number of allylic oxidation sites excluding steroid dienone is 1. The van der Waals surface area contributed by atoms with E-state index in [1.165, 1.54) is 23.2 Å². The number of benzene rings is 1. The highest BCUT2D eigenvalue weighted by Crippen LogP contribution is 2.46. The SMILES string of the molecule is C[C@@H]1CCC=C[C@@H]2C[C@@]2(C(=O)NS(=O)(=O)C2CC2)NC(=O)[C@@H]2C[C@@H](Oc3nccc4ccc(F)cc34)CN2C(=O)[C@@H](NC(=O)O)[C@H](C)C1. The van der Waals surface area contributed by atoms with Gasteiger partial charge >= 0.3 is 6.09 Å². The van der Waals surface area contributed by atoms with Crippen LogP contribution in [0, 0.1) is 23.6 Å². The van der Waals surface area contributed by atoms with Gasteiger partial charge in [-0.15, -0.1) is 0 Å². The van der Waals surface area contributed by atoms with Gasteiger partial charge in [-0.05, 0) is 73.9 Å². The minimum absolute atomic E-state index is 0.0475. The van der Waals surface area contributed by atoms with Crippen LogP contribution in [0.15, 0.2) is 42.6 Å². The van der Waals surface area contributed by atoms with Gasteiger partial charge in [0.25, 0.3) is 5.91 Å². The quantitative estimate of drug-likeness (QED) is 0.332. The van der Waals surface area contributed by atoms with E-state index in [0.717, 1.165) is 6.42 Å². The van der Waals surface area contributed by atoms with E-state index in [9.17, 15) is 37.1 Å². The fourth-order valence-corrected chi connectivity index (χ4v) is 8.36. The van der Waals surface area contributed by atoms with E-state index in [4.69, 9.17) is 4.74 Å². The number of rotatable bonds is 6. The van der Waals surface area contributed by atoms with Crippen LogP contribution in [0.1, 0.15) is 58.8 Å². The molecule has 48 heavy (non-hydrogen) atoms. The van der Waals surface area contributed by atoms with Gasteiger partial charge in [-0.1, -0.05) is 32.1 Å². The normalized spacial score (nSPS) is 31.1. The van der Waals surface area contributed by atoms with Crippen molar-refractivity contribution < 1.29 is 41.8 Å². The molecule has 0 spiro atoms. The van der Waals surface area contributed by atoms with Crippen LogP contribution in [0.2, 0.25) is 0 Å². The zero-order chi connectivity index (χ0) is 34.4. The van der Waals surface area contributed by atoms with Gasteiger partial charge in [0.05, 0.1) is 11.8 Å². The van der Waals surface area contributed by atoms with Crippen LogP contribution < -0.4 is 20.1 Å². The van der Waals surface area contributed by atoms with E-state index >= 15 is 0 Å². The molecule has 15 heteroatoms. The lowest BCUT2D eigenvalue weighted by atomic mass is 9.88. The summed E-state index contributed by atoms with van der Waals surface area (Å²) in [5.41, 5.74) is -1.55. The van der Waals surface area contributed by atoms with Crippen molar-refractivity contribution in [1.82, 2.24) is 25.2 Å². The first-order valence-corrected chi connectivity index (χ1v) is 17.9. The predicted molar refractivity (Wildman–Crippen MR) is 172 cm³/mol. The first-order valence-electron chi connectivity index (χ1n) is 16.3. The van der Waals surface area contributed by atoms with E-state index in [0.29, 0.717) is 36.5 Å². The number of pyridine rings is 1. The van der Waals surface area contributed by atoms with Crippen LogP contribution in [-0.2, 0) is 24.4 Å². The number of carboxylic acid groups (broad SMARTS) is 1. The number of amides is 4. The molecular formula is C33H40FN5O8S. The van der Waals surface area contributed by atoms with Crippen LogP contribution in [-0.4, -0.2) is 82.7 Å². The molecule has 6 rings (SSSR count). The van der Waals surface area contributed by atoms with Gasteiger partial charge in [0.2, 0.25) is 27.7 Å². The molecule has 1 aromatic carbocycles.